The van der Waals surface area contributed by atoms with E-state index in [2.05, 4.69) is 16.7 Å². The van der Waals surface area contributed by atoms with Gasteiger partial charge in [0.05, 0.1) is 11.3 Å². The number of hydrogen-bond acceptors (Lipinski definition) is 2. The molecule has 0 saturated carbocycles. The Morgan fingerprint density at radius 3 is 2.33 bits per heavy atom. The molecule has 0 atom stereocenters. The molecular weight excluding hydrogens is 242 g/mol. The van der Waals surface area contributed by atoms with Crippen molar-refractivity contribution in [3.8, 4) is 6.07 Å². The standard InChI is InChI=1S/C14H11N3S/c15-10-11-6-4-5-9-13(11)17-14(18)16-12-7-2-1-3-8-12/h1-9H,(H2,16,17,18). The van der Waals surface area contributed by atoms with E-state index in [0.29, 0.717) is 16.4 Å². The Kier molecular flexibility index (Phi) is 3.90. The molecule has 0 aliphatic heterocycles. The highest BCUT2D eigenvalue weighted by molar-refractivity contribution is 7.80. The molecule has 0 amide bonds. The molecule has 0 aliphatic rings. The van der Waals surface area contributed by atoms with Gasteiger partial charge in [-0.05, 0) is 36.5 Å². The summed E-state index contributed by atoms with van der Waals surface area (Å²) < 4.78 is 0. The van der Waals surface area contributed by atoms with Crippen molar-refractivity contribution in [3.05, 3.63) is 60.2 Å². The van der Waals surface area contributed by atoms with Crippen LogP contribution in [0.4, 0.5) is 11.4 Å². The maximum Gasteiger partial charge on any atom is 0.175 e. The van der Waals surface area contributed by atoms with Crippen LogP contribution in [0.15, 0.2) is 54.6 Å². The van der Waals surface area contributed by atoms with Crippen LogP contribution in [0.25, 0.3) is 0 Å². The van der Waals surface area contributed by atoms with Gasteiger partial charge >= 0.3 is 0 Å². The van der Waals surface area contributed by atoms with Crippen LogP contribution in [0, 0.1) is 11.3 Å². The zero-order valence-corrected chi connectivity index (χ0v) is 10.4. The summed E-state index contributed by atoms with van der Waals surface area (Å²) in [6.07, 6.45) is 0. The van der Waals surface area contributed by atoms with E-state index in [1.165, 1.54) is 0 Å². The molecule has 2 aromatic rings. The van der Waals surface area contributed by atoms with Crippen molar-refractivity contribution in [2.24, 2.45) is 0 Å². The van der Waals surface area contributed by atoms with Crippen molar-refractivity contribution in [2.45, 2.75) is 0 Å². The van der Waals surface area contributed by atoms with Crippen molar-refractivity contribution in [1.82, 2.24) is 0 Å². The van der Waals surface area contributed by atoms with Crippen molar-refractivity contribution < 1.29 is 0 Å². The van der Waals surface area contributed by atoms with Gasteiger partial charge in [-0.2, -0.15) is 5.26 Å². The fraction of sp³-hybridized carbons (Fsp3) is 0. The van der Waals surface area contributed by atoms with Gasteiger partial charge in [-0.15, -0.1) is 0 Å². The molecule has 3 nitrogen and oxygen atoms in total. The van der Waals surface area contributed by atoms with Crippen molar-refractivity contribution in [3.63, 3.8) is 0 Å². The summed E-state index contributed by atoms with van der Waals surface area (Å²) in [6, 6.07) is 19.0. The minimum atomic E-state index is 0.462. The first kappa shape index (κ1) is 12.1. The summed E-state index contributed by atoms with van der Waals surface area (Å²) >= 11 is 5.19. The van der Waals surface area contributed by atoms with Gasteiger partial charge in [-0.1, -0.05) is 30.3 Å². The third-order valence-corrected chi connectivity index (χ3v) is 2.53. The molecule has 2 rings (SSSR count). The Morgan fingerprint density at radius 1 is 0.944 bits per heavy atom. The molecule has 0 saturated heterocycles. The van der Waals surface area contributed by atoms with E-state index < -0.39 is 0 Å². The van der Waals surface area contributed by atoms with Crippen LogP contribution in [0.5, 0.6) is 0 Å². The number of nitriles is 1. The van der Waals surface area contributed by atoms with E-state index in [0.717, 1.165) is 5.69 Å². The average molecular weight is 253 g/mol. The second kappa shape index (κ2) is 5.80. The van der Waals surface area contributed by atoms with E-state index in [9.17, 15) is 0 Å². The molecule has 0 spiro atoms. The Bertz CT molecular complexity index is 587. The predicted octanol–water partition coefficient (Wildman–Crippen LogP) is 3.37. The van der Waals surface area contributed by atoms with Crippen LogP contribution in [-0.2, 0) is 0 Å². The van der Waals surface area contributed by atoms with Gasteiger partial charge in [0.15, 0.2) is 5.11 Å². The van der Waals surface area contributed by atoms with Crippen LogP contribution < -0.4 is 10.6 Å². The smallest absolute Gasteiger partial charge is 0.175 e. The largest absolute Gasteiger partial charge is 0.332 e. The van der Waals surface area contributed by atoms with E-state index in [4.69, 9.17) is 17.5 Å². The number of anilines is 2. The minimum absolute atomic E-state index is 0.462. The van der Waals surface area contributed by atoms with Crippen LogP contribution in [0.2, 0.25) is 0 Å². The molecule has 0 radical (unpaired) electrons. The molecule has 0 unspecified atom stereocenters. The van der Waals surface area contributed by atoms with E-state index in [1.807, 2.05) is 48.5 Å². The molecule has 88 valence electrons. The van der Waals surface area contributed by atoms with E-state index >= 15 is 0 Å². The second-order valence-electron chi connectivity index (χ2n) is 3.60. The number of thiocarbonyl (C=S) groups is 1. The SMILES string of the molecule is N#Cc1ccccc1NC(=S)Nc1ccccc1. The molecule has 0 fully saturated rings. The van der Waals surface area contributed by atoms with Crippen molar-refractivity contribution >= 4 is 28.7 Å². The topological polar surface area (TPSA) is 47.9 Å². The summed E-state index contributed by atoms with van der Waals surface area (Å²) in [7, 11) is 0. The summed E-state index contributed by atoms with van der Waals surface area (Å²) in [5, 5.41) is 15.5. The molecule has 2 aromatic carbocycles. The lowest BCUT2D eigenvalue weighted by Gasteiger charge is -2.11. The summed E-state index contributed by atoms with van der Waals surface area (Å²) in [4.78, 5) is 0. The Balaban J connectivity index is 2.06. The third kappa shape index (κ3) is 3.06. The van der Waals surface area contributed by atoms with Gasteiger partial charge in [0.2, 0.25) is 0 Å². The van der Waals surface area contributed by atoms with Crippen LogP contribution in [-0.4, -0.2) is 5.11 Å². The highest BCUT2D eigenvalue weighted by Gasteiger charge is 2.02. The first-order valence-electron chi connectivity index (χ1n) is 5.42. The van der Waals surface area contributed by atoms with Crippen LogP contribution >= 0.6 is 12.2 Å². The third-order valence-electron chi connectivity index (χ3n) is 2.33. The summed E-state index contributed by atoms with van der Waals surface area (Å²) in [5.41, 5.74) is 2.17. The van der Waals surface area contributed by atoms with Gasteiger partial charge in [0, 0.05) is 5.69 Å². The second-order valence-corrected chi connectivity index (χ2v) is 4.01. The molecular formula is C14H11N3S. The molecule has 0 heterocycles. The summed E-state index contributed by atoms with van der Waals surface area (Å²) in [5.74, 6) is 0. The van der Waals surface area contributed by atoms with Crippen LogP contribution in [0.3, 0.4) is 0 Å². The van der Waals surface area contributed by atoms with Crippen molar-refractivity contribution in [2.75, 3.05) is 10.6 Å². The van der Waals surface area contributed by atoms with Gasteiger partial charge in [0.1, 0.15) is 6.07 Å². The Labute approximate surface area is 111 Å². The zero-order chi connectivity index (χ0) is 12.8. The molecule has 0 bridgehead atoms. The number of rotatable bonds is 2. The molecule has 0 aliphatic carbocycles. The summed E-state index contributed by atoms with van der Waals surface area (Å²) in [6.45, 7) is 0. The molecule has 0 aromatic heterocycles. The van der Waals surface area contributed by atoms with Crippen LogP contribution in [0.1, 0.15) is 5.56 Å². The van der Waals surface area contributed by atoms with Gasteiger partial charge in [0.25, 0.3) is 0 Å². The van der Waals surface area contributed by atoms with E-state index in [1.54, 1.807) is 6.07 Å². The number of nitrogens with zero attached hydrogens (tertiary/aromatic N) is 1. The first-order valence-corrected chi connectivity index (χ1v) is 5.82. The Hall–Kier alpha value is -2.38. The number of hydrogen-bond donors (Lipinski definition) is 2. The Morgan fingerprint density at radius 2 is 1.61 bits per heavy atom. The maximum absolute atomic E-state index is 8.97. The fourth-order valence-corrected chi connectivity index (χ4v) is 1.72. The monoisotopic (exact) mass is 253 g/mol. The fourth-order valence-electron chi connectivity index (χ4n) is 1.50. The molecule has 4 heteroatoms. The maximum atomic E-state index is 8.97. The lowest BCUT2D eigenvalue weighted by Crippen LogP contribution is -2.19. The lowest BCUT2D eigenvalue weighted by atomic mass is 10.2. The minimum Gasteiger partial charge on any atom is -0.332 e. The normalized spacial score (nSPS) is 9.28. The van der Waals surface area contributed by atoms with Crippen molar-refractivity contribution in [1.29, 1.82) is 5.26 Å². The molecule has 18 heavy (non-hydrogen) atoms. The highest BCUT2D eigenvalue weighted by atomic mass is 32.1. The number of benzene rings is 2. The van der Waals surface area contributed by atoms with E-state index in [-0.39, 0.29) is 0 Å². The quantitative estimate of drug-likeness (QED) is 0.806. The lowest BCUT2D eigenvalue weighted by molar-refractivity contribution is 1.48. The first-order chi connectivity index (χ1) is 8.79. The predicted molar refractivity (Wildman–Crippen MR) is 77.4 cm³/mol. The highest BCUT2D eigenvalue weighted by Crippen LogP contribution is 2.14. The number of nitrogens with one attached hydrogen (secondary N) is 2. The zero-order valence-electron chi connectivity index (χ0n) is 9.55. The average Bonchev–Trinajstić information content (AvgIpc) is 2.40. The van der Waals surface area contributed by atoms with Gasteiger partial charge in [-0.25, -0.2) is 0 Å². The number of para-hydroxylation sites is 2. The van der Waals surface area contributed by atoms with Gasteiger partial charge in [-0.3, -0.25) is 0 Å². The van der Waals surface area contributed by atoms with Gasteiger partial charge < -0.3 is 10.6 Å². The molecule has 2 N–H and O–H groups in total.